The molecule has 0 saturated heterocycles. The average molecular weight is 274 g/mol. The third-order valence-electron chi connectivity index (χ3n) is 2.28. The lowest BCUT2D eigenvalue weighted by molar-refractivity contribution is 0.584. The second-order valence-corrected chi connectivity index (χ2v) is 6.13. The molecule has 0 spiro atoms. The van der Waals surface area contributed by atoms with Crippen LogP contribution < -0.4 is 10.0 Å². The first kappa shape index (κ1) is 12.3. The fourth-order valence-electron chi connectivity index (χ4n) is 1.48. The largest absolute Gasteiger partial charge is 0.368 e. The van der Waals surface area contributed by atoms with Crippen LogP contribution >= 0.6 is 11.3 Å². The summed E-state index contributed by atoms with van der Waals surface area (Å²) in [5.74, 6) is 0.410. The molecule has 2 aromatic rings. The minimum atomic E-state index is -3.52. The van der Waals surface area contributed by atoms with E-state index in [2.05, 4.69) is 15.0 Å². The first-order valence-electron chi connectivity index (χ1n) is 5.23. The molecule has 0 bridgehead atoms. The van der Waals surface area contributed by atoms with E-state index in [0.717, 1.165) is 6.42 Å². The Bertz CT molecular complexity index is 614. The van der Waals surface area contributed by atoms with Gasteiger partial charge in [0.25, 0.3) is 10.0 Å². The lowest BCUT2D eigenvalue weighted by Crippen LogP contribution is -2.21. The van der Waals surface area contributed by atoms with Gasteiger partial charge in [0.05, 0.1) is 0 Å². The van der Waals surface area contributed by atoms with E-state index in [9.17, 15) is 8.42 Å². The number of rotatable bonds is 5. The molecule has 0 aliphatic heterocycles. The van der Waals surface area contributed by atoms with Gasteiger partial charge in [-0.2, -0.15) is 0 Å². The SMILES string of the molecule is CCCNc1nc2sccn2c1S(=O)(=O)NC. The van der Waals surface area contributed by atoms with Gasteiger partial charge in [0.1, 0.15) is 0 Å². The Morgan fingerprint density at radius 1 is 1.53 bits per heavy atom. The Hall–Kier alpha value is -1.12. The van der Waals surface area contributed by atoms with Crippen molar-refractivity contribution in [1.82, 2.24) is 14.1 Å². The summed E-state index contributed by atoms with van der Waals surface area (Å²) in [4.78, 5) is 4.94. The van der Waals surface area contributed by atoms with Gasteiger partial charge < -0.3 is 5.32 Å². The Morgan fingerprint density at radius 2 is 2.29 bits per heavy atom. The summed E-state index contributed by atoms with van der Waals surface area (Å²) in [6, 6.07) is 0. The van der Waals surface area contributed by atoms with E-state index in [1.54, 1.807) is 16.0 Å². The van der Waals surface area contributed by atoms with Crippen LogP contribution in [0.5, 0.6) is 0 Å². The molecule has 2 aromatic heterocycles. The van der Waals surface area contributed by atoms with E-state index in [-0.39, 0.29) is 5.03 Å². The number of nitrogens with one attached hydrogen (secondary N) is 2. The maximum absolute atomic E-state index is 12.0. The van der Waals surface area contributed by atoms with Gasteiger partial charge >= 0.3 is 0 Å². The molecule has 0 atom stereocenters. The van der Waals surface area contributed by atoms with Gasteiger partial charge in [0.15, 0.2) is 15.8 Å². The average Bonchev–Trinajstić information content (AvgIpc) is 2.85. The van der Waals surface area contributed by atoms with E-state index >= 15 is 0 Å². The normalized spacial score (nSPS) is 12.1. The second kappa shape index (κ2) is 4.63. The summed E-state index contributed by atoms with van der Waals surface area (Å²) in [7, 11) is -2.12. The molecule has 0 aliphatic rings. The fraction of sp³-hybridized carbons (Fsp3) is 0.444. The number of aromatic nitrogens is 2. The lowest BCUT2D eigenvalue weighted by Gasteiger charge is -2.05. The quantitative estimate of drug-likeness (QED) is 0.857. The van der Waals surface area contributed by atoms with Crippen LogP contribution in [0.1, 0.15) is 13.3 Å². The van der Waals surface area contributed by atoms with Crippen LogP contribution in [-0.2, 0) is 10.0 Å². The summed E-state index contributed by atoms with van der Waals surface area (Å²) in [5, 5.41) is 5.01. The van der Waals surface area contributed by atoms with E-state index in [4.69, 9.17) is 0 Å². The molecule has 94 valence electrons. The van der Waals surface area contributed by atoms with Crippen molar-refractivity contribution in [3.63, 3.8) is 0 Å². The molecule has 2 heterocycles. The number of imidazole rings is 1. The molecule has 0 unspecified atom stereocenters. The smallest absolute Gasteiger partial charge is 0.260 e. The molecule has 0 saturated carbocycles. The molecular weight excluding hydrogens is 260 g/mol. The number of hydrogen-bond donors (Lipinski definition) is 2. The molecule has 6 nitrogen and oxygen atoms in total. The van der Waals surface area contributed by atoms with E-state index < -0.39 is 10.0 Å². The first-order valence-corrected chi connectivity index (χ1v) is 7.59. The molecular formula is C9H14N4O2S2. The number of anilines is 1. The third kappa shape index (κ3) is 2.15. The van der Waals surface area contributed by atoms with Crippen LogP contribution in [0, 0.1) is 0 Å². The van der Waals surface area contributed by atoms with Gasteiger partial charge in [-0.3, -0.25) is 4.40 Å². The van der Waals surface area contributed by atoms with Crippen LogP contribution in [-0.4, -0.2) is 31.4 Å². The Morgan fingerprint density at radius 3 is 2.94 bits per heavy atom. The van der Waals surface area contributed by atoms with Crippen LogP contribution in [0.15, 0.2) is 16.6 Å². The number of thiazole rings is 1. The highest BCUT2D eigenvalue weighted by molar-refractivity contribution is 7.89. The standard InChI is InChI=1S/C9H14N4O2S2/c1-3-4-11-7-8(17(14,15)10-2)13-5-6-16-9(13)12-7/h5-6,10-11H,3-4H2,1-2H3. The molecule has 0 radical (unpaired) electrons. The second-order valence-electron chi connectivity index (χ2n) is 3.46. The lowest BCUT2D eigenvalue weighted by atomic mass is 10.5. The third-order valence-corrected chi connectivity index (χ3v) is 4.48. The van der Waals surface area contributed by atoms with Crippen molar-refractivity contribution in [2.24, 2.45) is 0 Å². The Kier molecular flexibility index (Phi) is 3.36. The summed E-state index contributed by atoms with van der Waals surface area (Å²) in [6.45, 7) is 2.70. The molecule has 0 aliphatic carbocycles. The van der Waals surface area contributed by atoms with Crippen LogP contribution in [0.2, 0.25) is 0 Å². The highest BCUT2D eigenvalue weighted by atomic mass is 32.2. The van der Waals surface area contributed by atoms with Crippen molar-refractivity contribution >= 4 is 32.1 Å². The molecule has 0 amide bonds. The van der Waals surface area contributed by atoms with Crippen molar-refractivity contribution in [1.29, 1.82) is 0 Å². The van der Waals surface area contributed by atoms with Crippen LogP contribution in [0.4, 0.5) is 5.82 Å². The predicted octanol–water partition coefficient (Wildman–Crippen LogP) is 1.13. The summed E-state index contributed by atoms with van der Waals surface area (Å²) in [6.07, 6.45) is 2.61. The van der Waals surface area contributed by atoms with Crippen LogP contribution in [0.3, 0.4) is 0 Å². The minimum Gasteiger partial charge on any atom is -0.368 e. The summed E-state index contributed by atoms with van der Waals surface area (Å²) in [5.41, 5.74) is 0. The van der Waals surface area contributed by atoms with Gasteiger partial charge in [-0.15, -0.1) is 11.3 Å². The molecule has 8 heteroatoms. The number of sulfonamides is 1. The zero-order valence-electron chi connectivity index (χ0n) is 9.60. The van der Waals surface area contributed by atoms with Gasteiger partial charge in [-0.05, 0) is 13.5 Å². The summed E-state index contributed by atoms with van der Waals surface area (Å²) >= 11 is 1.40. The van der Waals surface area contributed by atoms with E-state index in [1.165, 1.54) is 18.4 Å². The van der Waals surface area contributed by atoms with Gasteiger partial charge in [-0.25, -0.2) is 18.1 Å². The van der Waals surface area contributed by atoms with E-state index in [1.807, 2.05) is 6.92 Å². The van der Waals surface area contributed by atoms with E-state index in [0.29, 0.717) is 17.3 Å². The minimum absolute atomic E-state index is 0.171. The maximum atomic E-state index is 12.0. The van der Waals surface area contributed by atoms with Crippen molar-refractivity contribution in [3.05, 3.63) is 11.6 Å². The van der Waals surface area contributed by atoms with Gasteiger partial charge in [-0.1, -0.05) is 6.92 Å². The zero-order valence-corrected chi connectivity index (χ0v) is 11.2. The van der Waals surface area contributed by atoms with Gasteiger partial charge in [0, 0.05) is 18.1 Å². The van der Waals surface area contributed by atoms with Crippen molar-refractivity contribution in [2.75, 3.05) is 18.9 Å². The highest BCUT2D eigenvalue weighted by Crippen LogP contribution is 2.25. The van der Waals surface area contributed by atoms with Crippen LogP contribution in [0.25, 0.3) is 4.96 Å². The maximum Gasteiger partial charge on any atom is 0.260 e. The highest BCUT2D eigenvalue weighted by Gasteiger charge is 2.24. The zero-order chi connectivity index (χ0) is 12.5. The number of fused-ring (bicyclic) bond motifs is 1. The molecule has 0 fully saturated rings. The molecule has 0 aromatic carbocycles. The Labute approximate surface area is 104 Å². The van der Waals surface area contributed by atoms with Gasteiger partial charge in [0.2, 0.25) is 0 Å². The molecule has 17 heavy (non-hydrogen) atoms. The predicted molar refractivity (Wildman–Crippen MR) is 68.1 cm³/mol. The summed E-state index contributed by atoms with van der Waals surface area (Å²) < 4.78 is 27.8. The Balaban J connectivity index is 2.59. The van der Waals surface area contributed by atoms with Crippen molar-refractivity contribution in [3.8, 4) is 0 Å². The monoisotopic (exact) mass is 274 g/mol. The van der Waals surface area contributed by atoms with Crippen molar-refractivity contribution < 1.29 is 8.42 Å². The molecule has 2 rings (SSSR count). The topological polar surface area (TPSA) is 75.5 Å². The van der Waals surface area contributed by atoms with Crippen molar-refractivity contribution in [2.45, 2.75) is 18.4 Å². The number of nitrogens with zero attached hydrogens (tertiary/aromatic N) is 2. The first-order chi connectivity index (χ1) is 8.10. The number of hydrogen-bond acceptors (Lipinski definition) is 5. The fourth-order valence-corrected chi connectivity index (χ4v) is 3.22. The molecule has 2 N–H and O–H groups in total.